The second kappa shape index (κ2) is 5.15. The van der Waals surface area contributed by atoms with E-state index in [0.717, 1.165) is 17.8 Å². The Morgan fingerprint density at radius 2 is 1.68 bits per heavy atom. The summed E-state index contributed by atoms with van der Waals surface area (Å²) in [4.78, 5) is 11.2. The Hall–Kier alpha value is -1.05. The van der Waals surface area contributed by atoms with Crippen molar-refractivity contribution in [1.82, 2.24) is 0 Å². The highest BCUT2D eigenvalue weighted by atomic mass is 16.5. The zero-order chi connectivity index (χ0) is 13.3. The predicted molar refractivity (Wildman–Crippen MR) is 75.5 cm³/mol. The molecule has 0 atom stereocenters. The number of esters is 1. The number of carbonyl (C=O) groups is 1. The van der Waals surface area contributed by atoms with Gasteiger partial charge in [-0.1, -0.05) is 18.2 Å². The average Bonchev–Trinajstić information content (AvgIpc) is 2.33. The molecule has 19 heavy (non-hydrogen) atoms. The molecule has 0 aromatic carbocycles. The molecule has 4 aliphatic rings. The van der Waals surface area contributed by atoms with Gasteiger partial charge in [-0.2, -0.15) is 0 Å². The standard InChI is InChI=1S/C17H24O2/c1-2-19-16(18)5-3-4-6-17-10-13-7-14(11-17)9-15(8-13)12-17/h3-6,13-15H,2,7-12H2,1H3/b5-3+,6-4+. The van der Waals surface area contributed by atoms with Gasteiger partial charge in [0.15, 0.2) is 0 Å². The second-order valence-corrected chi connectivity index (χ2v) is 6.75. The van der Waals surface area contributed by atoms with Gasteiger partial charge in [0.05, 0.1) is 6.61 Å². The molecule has 0 aromatic rings. The molecule has 4 saturated carbocycles. The Bertz CT molecular complexity index is 370. The van der Waals surface area contributed by atoms with Crippen molar-refractivity contribution in [2.24, 2.45) is 23.2 Å². The van der Waals surface area contributed by atoms with Crippen molar-refractivity contribution in [1.29, 1.82) is 0 Å². The first-order valence-corrected chi connectivity index (χ1v) is 7.72. The van der Waals surface area contributed by atoms with Crippen LogP contribution in [0.3, 0.4) is 0 Å². The number of rotatable bonds is 4. The Labute approximate surface area is 115 Å². The Kier molecular flexibility index (Phi) is 3.51. The van der Waals surface area contributed by atoms with Gasteiger partial charge in [0.25, 0.3) is 0 Å². The van der Waals surface area contributed by atoms with E-state index in [9.17, 15) is 4.79 Å². The monoisotopic (exact) mass is 260 g/mol. The highest BCUT2D eigenvalue weighted by molar-refractivity contribution is 5.82. The first-order chi connectivity index (χ1) is 9.19. The number of hydrogen-bond donors (Lipinski definition) is 0. The molecule has 4 bridgehead atoms. The van der Waals surface area contributed by atoms with Crippen molar-refractivity contribution in [3.8, 4) is 0 Å². The predicted octanol–water partition coefficient (Wildman–Crippen LogP) is 3.88. The molecule has 0 aliphatic heterocycles. The molecule has 0 saturated heterocycles. The van der Waals surface area contributed by atoms with Gasteiger partial charge in [-0.3, -0.25) is 0 Å². The largest absolute Gasteiger partial charge is 0.463 e. The molecule has 104 valence electrons. The van der Waals surface area contributed by atoms with Gasteiger partial charge in [0.1, 0.15) is 0 Å². The number of ether oxygens (including phenoxy) is 1. The van der Waals surface area contributed by atoms with E-state index in [0.29, 0.717) is 12.0 Å². The summed E-state index contributed by atoms with van der Waals surface area (Å²) < 4.78 is 4.88. The van der Waals surface area contributed by atoms with Crippen molar-refractivity contribution >= 4 is 5.97 Å². The van der Waals surface area contributed by atoms with E-state index >= 15 is 0 Å². The van der Waals surface area contributed by atoms with Crippen LogP contribution in [0.25, 0.3) is 0 Å². The van der Waals surface area contributed by atoms with E-state index in [2.05, 4.69) is 12.2 Å². The van der Waals surface area contributed by atoms with Crippen LogP contribution >= 0.6 is 0 Å². The summed E-state index contributed by atoms with van der Waals surface area (Å²) in [5, 5.41) is 0. The fourth-order valence-electron chi connectivity index (χ4n) is 4.97. The Balaban J connectivity index is 1.61. The minimum absolute atomic E-state index is 0.238. The molecular weight excluding hydrogens is 236 g/mol. The Morgan fingerprint density at radius 3 is 2.21 bits per heavy atom. The van der Waals surface area contributed by atoms with Crippen molar-refractivity contribution in [3.63, 3.8) is 0 Å². The van der Waals surface area contributed by atoms with Gasteiger partial charge in [-0.25, -0.2) is 4.79 Å². The lowest BCUT2D eigenvalue weighted by atomic mass is 9.49. The van der Waals surface area contributed by atoms with E-state index in [1.54, 1.807) is 0 Å². The van der Waals surface area contributed by atoms with Crippen LogP contribution in [0.15, 0.2) is 24.3 Å². The molecule has 2 nitrogen and oxygen atoms in total. The zero-order valence-electron chi connectivity index (χ0n) is 11.8. The van der Waals surface area contributed by atoms with Crippen LogP contribution in [-0.2, 0) is 9.53 Å². The van der Waals surface area contributed by atoms with E-state index in [1.165, 1.54) is 44.6 Å². The van der Waals surface area contributed by atoms with Gasteiger partial charge in [0.2, 0.25) is 0 Å². The number of carbonyl (C=O) groups excluding carboxylic acids is 1. The topological polar surface area (TPSA) is 26.3 Å². The van der Waals surface area contributed by atoms with Crippen LogP contribution in [0.4, 0.5) is 0 Å². The van der Waals surface area contributed by atoms with E-state index in [4.69, 9.17) is 4.74 Å². The van der Waals surface area contributed by atoms with Crippen LogP contribution in [0.5, 0.6) is 0 Å². The highest BCUT2D eigenvalue weighted by Gasteiger charge is 2.49. The Morgan fingerprint density at radius 1 is 1.11 bits per heavy atom. The lowest BCUT2D eigenvalue weighted by Gasteiger charge is -2.55. The second-order valence-electron chi connectivity index (χ2n) is 6.75. The maximum absolute atomic E-state index is 11.2. The quantitative estimate of drug-likeness (QED) is 0.435. The molecule has 0 heterocycles. The third-order valence-electron chi connectivity index (χ3n) is 5.17. The van der Waals surface area contributed by atoms with Crippen LogP contribution in [0.1, 0.15) is 45.4 Å². The van der Waals surface area contributed by atoms with Crippen LogP contribution in [0, 0.1) is 23.2 Å². The smallest absolute Gasteiger partial charge is 0.330 e. The van der Waals surface area contributed by atoms with Crippen molar-refractivity contribution in [2.75, 3.05) is 6.61 Å². The molecular formula is C17H24O2. The third kappa shape index (κ3) is 2.77. The molecule has 0 radical (unpaired) electrons. The summed E-state index contributed by atoms with van der Waals surface area (Å²) >= 11 is 0. The molecule has 2 heteroatoms. The molecule has 0 amide bonds. The van der Waals surface area contributed by atoms with E-state index in [1.807, 2.05) is 13.0 Å². The molecule has 4 fully saturated rings. The summed E-state index contributed by atoms with van der Waals surface area (Å²) in [6.45, 7) is 2.28. The van der Waals surface area contributed by atoms with Gasteiger partial charge >= 0.3 is 5.97 Å². The minimum atomic E-state index is -0.238. The maximum atomic E-state index is 11.2. The molecule has 0 unspecified atom stereocenters. The van der Waals surface area contributed by atoms with Crippen molar-refractivity contribution in [3.05, 3.63) is 24.3 Å². The van der Waals surface area contributed by atoms with Gasteiger partial charge < -0.3 is 4.74 Å². The van der Waals surface area contributed by atoms with Gasteiger partial charge in [0, 0.05) is 6.08 Å². The average molecular weight is 260 g/mol. The molecule has 0 N–H and O–H groups in total. The highest BCUT2D eigenvalue weighted by Crippen LogP contribution is 2.60. The van der Waals surface area contributed by atoms with E-state index < -0.39 is 0 Å². The van der Waals surface area contributed by atoms with Crippen molar-refractivity contribution < 1.29 is 9.53 Å². The fourth-order valence-corrected chi connectivity index (χ4v) is 4.97. The summed E-state index contributed by atoms with van der Waals surface area (Å²) in [6, 6.07) is 0. The summed E-state index contributed by atoms with van der Waals surface area (Å²) in [5.41, 5.74) is 0.452. The summed E-state index contributed by atoms with van der Waals surface area (Å²) in [7, 11) is 0. The van der Waals surface area contributed by atoms with Gasteiger partial charge in [-0.05, 0) is 68.6 Å². The first kappa shape index (κ1) is 13.0. The lowest BCUT2D eigenvalue weighted by Crippen LogP contribution is -2.44. The third-order valence-corrected chi connectivity index (χ3v) is 5.17. The van der Waals surface area contributed by atoms with Crippen LogP contribution in [-0.4, -0.2) is 12.6 Å². The maximum Gasteiger partial charge on any atom is 0.330 e. The van der Waals surface area contributed by atoms with E-state index in [-0.39, 0.29) is 5.97 Å². The number of hydrogen-bond acceptors (Lipinski definition) is 2. The van der Waals surface area contributed by atoms with Gasteiger partial charge in [-0.15, -0.1) is 0 Å². The number of allylic oxidation sites excluding steroid dienone is 3. The molecule has 0 spiro atoms. The molecule has 4 rings (SSSR count). The van der Waals surface area contributed by atoms with Crippen molar-refractivity contribution in [2.45, 2.75) is 45.4 Å². The lowest BCUT2D eigenvalue weighted by molar-refractivity contribution is -0.137. The van der Waals surface area contributed by atoms with Crippen LogP contribution < -0.4 is 0 Å². The fraction of sp³-hybridized carbons (Fsp3) is 0.706. The normalized spacial score (nSPS) is 40.4. The molecule has 4 aliphatic carbocycles. The SMILES string of the molecule is CCOC(=O)/C=C/C=C/C12CC3CC(CC(C3)C1)C2. The van der Waals surface area contributed by atoms with Crippen LogP contribution in [0.2, 0.25) is 0 Å². The minimum Gasteiger partial charge on any atom is -0.463 e. The molecule has 0 aromatic heterocycles. The summed E-state index contributed by atoms with van der Waals surface area (Å²) in [5.74, 6) is 2.69. The summed E-state index contributed by atoms with van der Waals surface area (Å²) in [6.07, 6.45) is 16.4. The first-order valence-electron chi connectivity index (χ1n) is 7.72. The zero-order valence-corrected chi connectivity index (χ0v) is 11.8.